The summed E-state index contributed by atoms with van der Waals surface area (Å²) >= 11 is 17.2. The van der Waals surface area contributed by atoms with Gasteiger partial charge in [0.25, 0.3) is 0 Å². The molecular weight excluding hydrogens is 590 g/mol. The summed E-state index contributed by atoms with van der Waals surface area (Å²) in [5.41, 5.74) is 1.13. The number of hydrogen-bond acceptors (Lipinski definition) is 4. The maximum absolute atomic E-state index is 14.3. The van der Waals surface area contributed by atoms with E-state index in [9.17, 15) is 21.6 Å². The number of alkyl halides is 3. The molecule has 174 valence electrons. The number of sulfonamides is 1. The van der Waals surface area contributed by atoms with E-state index in [1.54, 1.807) is 25.1 Å². The van der Waals surface area contributed by atoms with Gasteiger partial charge >= 0.3 is 6.18 Å². The predicted octanol–water partition coefficient (Wildman–Crippen LogP) is 7.68. The summed E-state index contributed by atoms with van der Waals surface area (Å²) in [6.45, 7) is 1.99. The van der Waals surface area contributed by atoms with E-state index in [2.05, 4.69) is 20.7 Å². The molecule has 1 unspecified atom stereocenters. The van der Waals surface area contributed by atoms with Crippen molar-refractivity contribution in [3.63, 3.8) is 0 Å². The van der Waals surface area contributed by atoms with E-state index in [-0.39, 0.29) is 27.1 Å². The number of hydrogen-bond donors (Lipinski definition) is 1. The maximum atomic E-state index is 14.3. The molecule has 0 saturated carbocycles. The number of nitrogens with one attached hydrogen (secondary N) is 1. The molecule has 0 aliphatic carbocycles. The summed E-state index contributed by atoms with van der Waals surface area (Å²) in [6.07, 6.45) is -4.83. The Labute approximate surface area is 211 Å². The van der Waals surface area contributed by atoms with Gasteiger partial charge in [0.1, 0.15) is 9.83 Å². The SMILES string of the molecule is CCNS(=O)(=O)CSc1ccc(C2=CSC(c3cc(Cl)cc(Cl)c3)(C(F)(F)F)C2)cc1Br. The lowest BCUT2D eigenvalue weighted by atomic mass is 9.88. The first-order chi connectivity index (χ1) is 14.9. The van der Waals surface area contributed by atoms with Crippen LogP contribution in [0.4, 0.5) is 13.2 Å². The highest BCUT2D eigenvalue weighted by molar-refractivity contribution is 9.10. The highest BCUT2D eigenvalue weighted by Gasteiger charge is 2.58. The fourth-order valence-electron chi connectivity index (χ4n) is 3.20. The van der Waals surface area contributed by atoms with Gasteiger partial charge in [-0.05, 0) is 68.4 Å². The van der Waals surface area contributed by atoms with Crippen LogP contribution >= 0.6 is 62.7 Å². The summed E-state index contributed by atoms with van der Waals surface area (Å²) in [5, 5.41) is 1.62. The van der Waals surface area contributed by atoms with Crippen LogP contribution < -0.4 is 4.72 Å². The third-order valence-corrected chi connectivity index (χ3v) is 10.5. The molecule has 1 aliphatic heterocycles. The monoisotopic (exact) mass is 605 g/mol. The summed E-state index contributed by atoms with van der Waals surface area (Å²) in [5.74, 6) is 0. The number of halogens is 6. The minimum Gasteiger partial charge on any atom is -0.215 e. The Bertz CT molecular complexity index is 1140. The Balaban J connectivity index is 1.86. The van der Waals surface area contributed by atoms with E-state index >= 15 is 0 Å². The second-order valence-electron chi connectivity index (χ2n) is 6.94. The summed E-state index contributed by atoms with van der Waals surface area (Å²) in [6, 6.07) is 9.08. The lowest BCUT2D eigenvalue weighted by Crippen LogP contribution is -2.37. The molecule has 1 aliphatic rings. The number of benzene rings is 2. The van der Waals surface area contributed by atoms with E-state index < -0.39 is 20.9 Å². The molecule has 3 rings (SSSR count). The van der Waals surface area contributed by atoms with Crippen LogP contribution in [-0.2, 0) is 14.8 Å². The smallest absolute Gasteiger partial charge is 0.215 e. The standard InChI is InChI=1S/C20H17BrCl2F3NO2S3/c1-2-27-32(28,29)11-30-18-4-3-12(5-17(18)21)13-9-19(31-10-13,20(24,25)26)14-6-15(22)8-16(23)7-14/h3-8,10,27H,2,9,11H2,1H3. The van der Waals surface area contributed by atoms with Crippen molar-refractivity contribution in [2.75, 3.05) is 11.6 Å². The van der Waals surface area contributed by atoms with Crippen molar-refractivity contribution in [1.82, 2.24) is 4.72 Å². The Hall–Kier alpha value is -0.360. The Morgan fingerprint density at radius 3 is 2.41 bits per heavy atom. The molecule has 12 heteroatoms. The molecule has 0 fully saturated rings. The Kier molecular flexibility index (Phi) is 8.28. The van der Waals surface area contributed by atoms with Crippen LogP contribution in [0.1, 0.15) is 24.5 Å². The van der Waals surface area contributed by atoms with Crippen LogP contribution in [0, 0.1) is 0 Å². The first-order valence-corrected chi connectivity index (χ1v) is 14.2. The average molecular weight is 607 g/mol. The zero-order valence-electron chi connectivity index (χ0n) is 16.5. The topological polar surface area (TPSA) is 46.2 Å². The molecule has 1 atom stereocenters. The highest BCUT2D eigenvalue weighted by Crippen LogP contribution is 2.60. The fraction of sp³-hybridized carbons (Fsp3) is 0.300. The largest absolute Gasteiger partial charge is 0.407 e. The van der Waals surface area contributed by atoms with Gasteiger partial charge in [0.15, 0.2) is 0 Å². The van der Waals surface area contributed by atoms with E-state index in [1.807, 2.05) is 0 Å². The Morgan fingerprint density at radius 1 is 1.19 bits per heavy atom. The Morgan fingerprint density at radius 2 is 1.84 bits per heavy atom. The van der Waals surface area contributed by atoms with E-state index in [0.717, 1.165) is 11.8 Å². The van der Waals surface area contributed by atoms with Crippen LogP contribution in [0.25, 0.3) is 5.57 Å². The van der Waals surface area contributed by atoms with Gasteiger partial charge < -0.3 is 0 Å². The highest BCUT2D eigenvalue weighted by atomic mass is 79.9. The first-order valence-electron chi connectivity index (χ1n) is 9.17. The maximum Gasteiger partial charge on any atom is 0.407 e. The van der Waals surface area contributed by atoms with E-state index in [4.69, 9.17) is 23.2 Å². The van der Waals surface area contributed by atoms with Crippen molar-refractivity contribution in [2.45, 2.75) is 29.2 Å². The summed E-state index contributed by atoms with van der Waals surface area (Å²) < 4.78 is 67.3. The predicted molar refractivity (Wildman–Crippen MR) is 132 cm³/mol. The van der Waals surface area contributed by atoms with Gasteiger partial charge in [0.2, 0.25) is 10.0 Å². The minimum absolute atomic E-state index is 0.00128. The van der Waals surface area contributed by atoms with E-state index in [0.29, 0.717) is 38.8 Å². The van der Waals surface area contributed by atoms with Gasteiger partial charge in [-0.15, -0.1) is 23.5 Å². The van der Waals surface area contributed by atoms with E-state index in [1.165, 1.54) is 23.6 Å². The van der Waals surface area contributed by atoms with Crippen molar-refractivity contribution < 1.29 is 21.6 Å². The molecule has 0 radical (unpaired) electrons. The lowest BCUT2D eigenvalue weighted by Gasteiger charge is -2.32. The van der Waals surface area contributed by atoms with Gasteiger partial charge in [0, 0.05) is 32.4 Å². The van der Waals surface area contributed by atoms with Crippen molar-refractivity contribution in [3.05, 3.63) is 67.5 Å². The summed E-state index contributed by atoms with van der Waals surface area (Å²) in [4.78, 5) is 0.671. The first kappa shape index (κ1) is 26.2. The molecular formula is C20H17BrCl2F3NO2S3. The molecule has 0 saturated heterocycles. The molecule has 1 heterocycles. The molecule has 0 bridgehead atoms. The zero-order chi connectivity index (χ0) is 23.7. The quantitative estimate of drug-likeness (QED) is 0.328. The third kappa shape index (κ3) is 5.82. The van der Waals surface area contributed by atoms with Crippen LogP contribution in [0.2, 0.25) is 10.0 Å². The molecule has 2 aromatic rings. The normalized spacial score (nSPS) is 19.3. The van der Waals surface area contributed by atoms with Crippen LogP contribution in [0.3, 0.4) is 0 Å². The second kappa shape index (κ2) is 10.1. The average Bonchev–Trinajstić information content (AvgIpc) is 3.13. The summed E-state index contributed by atoms with van der Waals surface area (Å²) in [7, 11) is -3.41. The minimum atomic E-state index is -4.54. The van der Waals surface area contributed by atoms with Gasteiger partial charge in [-0.2, -0.15) is 13.2 Å². The fourth-order valence-corrected chi connectivity index (χ4v) is 7.90. The van der Waals surface area contributed by atoms with Crippen molar-refractivity contribution in [3.8, 4) is 0 Å². The third-order valence-electron chi connectivity index (χ3n) is 4.67. The number of allylic oxidation sites excluding steroid dienone is 1. The van der Waals surface area contributed by atoms with Crippen LogP contribution in [0.15, 0.2) is 51.2 Å². The number of rotatable bonds is 7. The lowest BCUT2D eigenvalue weighted by molar-refractivity contribution is -0.160. The van der Waals surface area contributed by atoms with Crippen molar-refractivity contribution in [1.29, 1.82) is 0 Å². The molecule has 0 amide bonds. The van der Waals surface area contributed by atoms with Crippen molar-refractivity contribution >= 4 is 78.3 Å². The molecule has 32 heavy (non-hydrogen) atoms. The van der Waals surface area contributed by atoms with Crippen molar-refractivity contribution in [2.24, 2.45) is 0 Å². The second-order valence-corrected chi connectivity index (χ2v) is 13.0. The number of thioether (sulfide) groups is 2. The van der Waals surface area contributed by atoms with Gasteiger partial charge in [-0.25, -0.2) is 13.1 Å². The molecule has 0 aromatic heterocycles. The van der Waals surface area contributed by atoms with Crippen LogP contribution in [0.5, 0.6) is 0 Å². The van der Waals surface area contributed by atoms with Crippen LogP contribution in [-0.4, -0.2) is 26.2 Å². The zero-order valence-corrected chi connectivity index (χ0v) is 22.0. The molecule has 3 nitrogen and oxygen atoms in total. The molecule has 0 spiro atoms. The molecule has 2 aromatic carbocycles. The van der Waals surface area contributed by atoms with Gasteiger partial charge in [-0.1, -0.05) is 36.2 Å². The molecule has 1 N–H and O–H groups in total. The van der Waals surface area contributed by atoms with Gasteiger partial charge in [0.05, 0.1) is 0 Å². The van der Waals surface area contributed by atoms with Gasteiger partial charge in [-0.3, -0.25) is 0 Å².